The number of aromatic hydroxyl groups is 1. The number of para-hydroxylation sites is 2. The molecule has 3 aromatic carbocycles. The summed E-state index contributed by atoms with van der Waals surface area (Å²) in [6.45, 7) is 4.81. The van der Waals surface area contributed by atoms with Gasteiger partial charge in [-0.3, -0.25) is 91.1 Å². The SMILES string of the molecule is CCCC[C@H]1C(=O)N(C)[C@@H](CCCC)C(=O)N[C@@H](CC(C)C)C(=O)N[C@H](C(=O)NCC(N)=O)CCNCC(=O)N[C@@H](Cc2ccc(O)cc2)C(=O)N(C)[C@@H](C)C(=O)N[C@@H](CC(N)=O)C(=O)N2CCC[C@H]2C(=O)N[C@@H](Cc2cnc[nH]2)C(=O)N[C@@H](CCC(N)=O)C(=O)N2C[C@H](O)C[C@H]2C(=O)N[C@@H](Cc2c[nH]c3ccccc23)C(=O)NCC(=O)N[C@@H](Cc2cn(CC(=O)O)c3ccccc23)C(=O)N1C. The number of carbonyl (C=O) groups excluding carboxylic acids is 18. The van der Waals surface area contributed by atoms with Crippen LogP contribution in [0.3, 0.4) is 0 Å². The van der Waals surface area contributed by atoms with E-state index in [9.17, 15) is 72.9 Å². The summed E-state index contributed by atoms with van der Waals surface area (Å²) >= 11 is 0. The summed E-state index contributed by atoms with van der Waals surface area (Å²) < 4.78 is 1.43. The van der Waals surface area contributed by atoms with Crippen molar-refractivity contribution in [2.75, 3.05) is 60.4 Å². The molecular formula is C92H127N23O22. The fourth-order valence-corrected chi connectivity index (χ4v) is 17.1. The summed E-state index contributed by atoms with van der Waals surface area (Å²) in [5, 5.41) is 61.9. The van der Waals surface area contributed by atoms with Crippen LogP contribution in [-0.2, 0) is 123 Å². The van der Waals surface area contributed by atoms with Crippen LogP contribution in [-0.4, -0.2) is 317 Å². The molecule has 3 saturated heterocycles. The molecule has 6 heterocycles. The Labute approximate surface area is 790 Å². The molecule has 0 aliphatic carbocycles. The number of aliphatic carboxylic acids is 1. The smallest absolute Gasteiger partial charge is 0.323 e. The molecule has 18 amide bonds. The molecular weight excluding hydrogens is 1780 g/mol. The van der Waals surface area contributed by atoms with Gasteiger partial charge in [-0.25, -0.2) is 4.98 Å². The highest BCUT2D eigenvalue weighted by Crippen LogP contribution is 2.29. The number of aliphatic hydroxyl groups excluding tert-OH is 1. The van der Waals surface area contributed by atoms with E-state index in [-0.39, 0.29) is 94.7 Å². The Morgan fingerprint density at radius 2 is 1.15 bits per heavy atom. The van der Waals surface area contributed by atoms with Crippen molar-refractivity contribution < 1.29 is 106 Å². The number of benzene rings is 3. The number of hydrogen-bond donors (Lipinski definition) is 19. The first kappa shape index (κ1) is 106. The van der Waals surface area contributed by atoms with Crippen LogP contribution in [0, 0.1) is 5.92 Å². The van der Waals surface area contributed by atoms with E-state index in [1.807, 2.05) is 13.8 Å². The minimum atomic E-state index is -1.80. The molecule has 0 saturated carbocycles. The summed E-state index contributed by atoms with van der Waals surface area (Å²) in [6, 6.07) is -1.02. The summed E-state index contributed by atoms with van der Waals surface area (Å²) in [5.41, 5.74) is 19.3. The second-order valence-corrected chi connectivity index (χ2v) is 35.3. The molecule has 0 bridgehead atoms. The molecule has 137 heavy (non-hydrogen) atoms. The van der Waals surface area contributed by atoms with E-state index >= 15 is 33.6 Å². The number of nitrogens with one attached hydrogen (secondary N) is 13. The second kappa shape index (κ2) is 50.3. The van der Waals surface area contributed by atoms with E-state index in [4.69, 9.17) is 17.2 Å². The molecule has 45 nitrogen and oxygen atoms in total. The van der Waals surface area contributed by atoms with Gasteiger partial charge >= 0.3 is 5.97 Å². The Balaban J connectivity index is 1.09. The van der Waals surface area contributed by atoms with Gasteiger partial charge in [-0.2, -0.15) is 0 Å². The summed E-state index contributed by atoms with van der Waals surface area (Å²) in [6.07, 6.45) is 1.92. The number of primary amides is 3. The zero-order valence-electron chi connectivity index (χ0n) is 78.0. The number of carboxylic acids is 1. The predicted octanol–water partition coefficient (Wildman–Crippen LogP) is -3.48. The Morgan fingerprint density at radius 3 is 1.80 bits per heavy atom. The quantitative estimate of drug-likeness (QED) is 0.0251. The fraction of sp³-hybridized carbons (Fsp3) is 0.522. The topological polar surface area (TPSA) is 661 Å². The number of aromatic amines is 2. The van der Waals surface area contributed by atoms with Crippen LogP contribution in [0.25, 0.3) is 21.8 Å². The zero-order valence-corrected chi connectivity index (χ0v) is 78.0. The van der Waals surface area contributed by atoms with Crippen molar-refractivity contribution in [2.45, 2.75) is 241 Å². The first-order valence-electron chi connectivity index (χ1n) is 45.8. The number of H-pyrrole nitrogens is 2. The van der Waals surface area contributed by atoms with Gasteiger partial charge in [0.05, 0.1) is 38.5 Å². The number of aliphatic hydroxyl groups is 1. The van der Waals surface area contributed by atoms with Gasteiger partial charge in [-0.1, -0.05) is 102 Å². The Kier molecular flexibility index (Phi) is 39.0. The van der Waals surface area contributed by atoms with Crippen molar-refractivity contribution in [3.05, 3.63) is 120 Å². The molecule has 742 valence electrons. The number of phenols is 1. The lowest BCUT2D eigenvalue weighted by Gasteiger charge is -2.36. The third-order valence-electron chi connectivity index (χ3n) is 24.5. The fourth-order valence-electron chi connectivity index (χ4n) is 17.1. The number of aromatic nitrogens is 4. The number of unbranched alkanes of at least 4 members (excludes halogenated alkanes) is 2. The Bertz CT molecular complexity index is 5350. The normalized spacial score (nSPS) is 24.1. The second-order valence-electron chi connectivity index (χ2n) is 35.3. The van der Waals surface area contributed by atoms with Gasteiger partial charge in [-0.05, 0) is 105 Å². The van der Waals surface area contributed by atoms with Crippen LogP contribution in [0.2, 0.25) is 0 Å². The molecule has 0 radical (unpaired) electrons. The molecule has 6 aromatic rings. The van der Waals surface area contributed by atoms with Crippen molar-refractivity contribution in [3.63, 3.8) is 0 Å². The van der Waals surface area contributed by atoms with E-state index in [1.165, 1.54) is 75.6 Å². The molecule has 9 rings (SSSR count). The molecule has 3 aliphatic heterocycles. The first-order chi connectivity index (χ1) is 65.1. The van der Waals surface area contributed by atoms with Crippen molar-refractivity contribution in [1.82, 2.24) is 103 Å². The predicted molar refractivity (Wildman–Crippen MR) is 494 cm³/mol. The summed E-state index contributed by atoms with van der Waals surface area (Å²) in [4.78, 5) is 289. The number of amides is 18. The standard InChI is InChI=1S/C92H127N23O22/c1-9-11-21-70-85(130)106-63(34-50(3)4)83(128)104-61(81(126)99-43-76(95)120)31-32-96-44-77(121)102-66(35-52-25-27-56(116)28-26-52)88(133)110(6)51(5)80(125)109-68(40-75(94)119)91(136)114-33-17-24-71(114)86(131)108-65(38-55-42-97-49-101-55)84(129)105-62(29-30-74(93)118)90(135)115-47-57(117)39-73(115)87(132)107-64(36-53-41-98-60-20-15-13-18-58(53)60)82(127)100-45-78(122)103-67(89(134)112(8)72(22-12-10-2)92(137)111(70)7)37-54-46-113(48-79(123)124)69-23-16-14-19-59(54)69/h13-16,18-20,23,25-28,41-42,46,49-51,57,61-68,70-73,96,98,116-117H,9-12,17,21-22,24,29-40,43-45,47-48H2,1-8H3,(H2,93,118)(H2,94,119)(H2,95,120)(H,97,101)(H,99,126)(H,100,127)(H,102,121)(H,103,122)(H,104,128)(H,105,129)(H,106,130)(H,107,132)(H,108,131)(H,109,125)(H,123,124)/t51-,57+,61-,62-,63-,64-,65-,66-,67-,68-,70-,71-,72-,73-/m0/s1. The van der Waals surface area contributed by atoms with Crippen molar-refractivity contribution in [1.29, 1.82) is 0 Å². The summed E-state index contributed by atoms with van der Waals surface area (Å²) in [7, 11) is 3.90. The van der Waals surface area contributed by atoms with Crippen molar-refractivity contribution in [3.8, 4) is 5.75 Å². The van der Waals surface area contributed by atoms with Crippen molar-refractivity contribution in [2.24, 2.45) is 23.1 Å². The highest BCUT2D eigenvalue weighted by molar-refractivity contribution is 6.02. The number of carboxylic acid groups (broad SMARTS) is 1. The molecule has 3 aromatic heterocycles. The lowest BCUT2D eigenvalue weighted by atomic mass is 9.99. The first-order valence-corrected chi connectivity index (χ1v) is 45.8. The van der Waals surface area contributed by atoms with Crippen LogP contribution in [0.4, 0.5) is 0 Å². The maximum Gasteiger partial charge on any atom is 0.323 e. The van der Waals surface area contributed by atoms with Gasteiger partial charge < -0.3 is 130 Å². The number of nitrogens with zero attached hydrogens (tertiary/aromatic N) is 7. The van der Waals surface area contributed by atoms with Crippen molar-refractivity contribution >= 4 is 134 Å². The number of fused-ring (bicyclic) bond motifs is 4. The monoisotopic (exact) mass is 1910 g/mol. The van der Waals surface area contributed by atoms with Crippen LogP contribution in [0.1, 0.15) is 147 Å². The van der Waals surface area contributed by atoms with Gasteiger partial charge in [0, 0.05) is 119 Å². The van der Waals surface area contributed by atoms with Gasteiger partial charge in [-0.15, -0.1) is 0 Å². The average molecular weight is 1910 g/mol. The molecule has 0 unspecified atom stereocenters. The average Bonchev–Trinajstić information content (AvgIpc) is 1.65. The molecule has 22 N–H and O–H groups in total. The van der Waals surface area contributed by atoms with Crippen LogP contribution in [0.5, 0.6) is 5.75 Å². The number of rotatable bonds is 26. The van der Waals surface area contributed by atoms with Gasteiger partial charge in [0.2, 0.25) is 106 Å². The molecule has 3 aliphatic rings. The molecule has 0 spiro atoms. The van der Waals surface area contributed by atoms with E-state index < -0.39 is 255 Å². The summed E-state index contributed by atoms with van der Waals surface area (Å²) in [5.74, 6) is -18.8. The lowest BCUT2D eigenvalue weighted by Crippen LogP contribution is -2.60. The van der Waals surface area contributed by atoms with Gasteiger partial charge in [0.1, 0.15) is 90.8 Å². The largest absolute Gasteiger partial charge is 0.508 e. The van der Waals surface area contributed by atoms with E-state index in [1.54, 1.807) is 68.6 Å². The molecule has 3 fully saturated rings. The van der Waals surface area contributed by atoms with E-state index in [0.717, 1.165) is 24.5 Å². The van der Waals surface area contributed by atoms with E-state index in [2.05, 4.69) is 73.4 Å². The maximum atomic E-state index is 15.8. The van der Waals surface area contributed by atoms with Crippen LogP contribution < -0.4 is 75.7 Å². The number of nitrogens with two attached hydrogens (primary N) is 3. The third-order valence-corrected chi connectivity index (χ3v) is 24.5. The Hall–Kier alpha value is -14.4. The number of likely N-dealkylation sites (N-methyl/N-ethyl adjacent to an activating group) is 3. The Morgan fingerprint density at radius 1 is 0.555 bits per heavy atom. The number of carbonyl (C=O) groups is 19. The highest BCUT2D eigenvalue weighted by atomic mass is 16.4. The minimum absolute atomic E-state index is 0.0101. The maximum absolute atomic E-state index is 15.8. The van der Waals surface area contributed by atoms with Crippen LogP contribution >= 0.6 is 0 Å². The van der Waals surface area contributed by atoms with Gasteiger partial charge in [0.25, 0.3) is 0 Å². The zero-order chi connectivity index (χ0) is 100. The molecule has 14 atom stereocenters. The van der Waals surface area contributed by atoms with E-state index in [0.29, 0.717) is 64.2 Å². The molecule has 45 heteroatoms. The highest BCUT2D eigenvalue weighted by Gasteiger charge is 2.47. The van der Waals surface area contributed by atoms with Crippen LogP contribution in [0.15, 0.2) is 97.7 Å². The lowest BCUT2D eigenvalue weighted by molar-refractivity contribution is -0.149. The minimum Gasteiger partial charge on any atom is -0.508 e. The number of phenolic OH excluding ortho intramolecular Hbond substituents is 1. The number of hydrogen-bond acceptors (Lipinski definition) is 23. The van der Waals surface area contributed by atoms with Gasteiger partial charge in [0.15, 0.2) is 0 Å². The number of imidazole rings is 1. The third kappa shape index (κ3) is 29.8.